The molecule has 202 valence electrons. The van der Waals surface area contributed by atoms with E-state index in [1.807, 2.05) is 24.3 Å². The summed E-state index contributed by atoms with van der Waals surface area (Å²) in [7, 11) is 6.20. The highest BCUT2D eigenvalue weighted by molar-refractivity contribution is 5.66. The highest BCUT2D eigenvalue weighted by atomic mass is 16.7. The van der Waals surface area contributed by atoms with E-state index >= 15 is 0 Å². The molecule has 1 aliphatic rings. The van der Waals surface area contributed by atoms with E-state index < -0.39 is 11.9 Å². The third-order valence-corrected chi connectivity index (χ3v) is 6.11. The van der Waals surface area contributed by atoms with Gasteiger partial charge in [0.2, 0.25) is 18.3 Å². The highest BCUT2D eigenvalue weighted by Crippen LogP contribution is 2.43. The summed E-state index contributed by atoms with van der Waals surface area (Å²) in [6.45, 7) is 3.09. The number of carbonyl (C=O) groups is 2. The smallest absolute Gasteiger partial charge is 0.302 e. The molecular weight excluding hydrogens is 484 g/mol. The second-order valence-corrected chi connectivity index (χ2v) is 8.60. The molecule has 0 saturated carbocycles. The van der Waals surface area contributed by atoms with Crippen LogP contribution in [0.25, 0.3) is 0 Å². The Hall–Kier alpha value is -3.82. The summed E-state index contributed by atoms with van der Waals surface area (Å²) in [5.41, 5.74) is 1.78. The van der Waals surface area contributed by atoms with Crippen LogP contribution in [0, 0.1) is 11.8 Å². The molecule has 37 heavy (non-hydrogen) atoms. The van der Waals surface area contributed by atoms with Crippen molar-refractivity contribution < 1.29 is 47.5 Å². The number of esters is 2. The molecule has 0 bridgehead atoms. The predicted molar refractivity (Wildman–Crippen MR) is 133 cm³/mol. The molecule has 10 heteroatoms. The molecule has 0 amide bonds. The first kappa shape index (κ1) is 27.8. The molecule has 0 fully saturated rings. The fourth-order valence-electron chi connectivity index (χ4n) is 4.33. The summed E-state index contributed by atoms with van der Waals surface area (Å²) in [5, 5.41) is 0. The monoisotopic (exact) mass is 518 g/mol. The van der Waals surface area contributed by atoms with E-state index in [4.69, 9.17) is 37.9 Å². The average Bonchev–Trinajstić information content (AvgIpc) is 3.36. The zero-order valence-corrected chi connectivity index (χ0v) is 22.1. The average molecular weight is 519 g/mol. The third kappa shape index (κ3) is 7.12. The van der Waals surface area contributed by atoms with Crippen molar-refractivity contribution in [2.45, 2.75) is 26.7 Å². The van der Waals surface area contributed by atoms with Crippen LogP contribution in [0.15, 0.2) is 24.3 Å². The van der Waals surface area contributed by atoms with Crippen molar-refractivity contribution in [1.29, 1.82) is 0 Å². The van der Waals surface area contributed by atoms with Crippen LogP contribution >= 0.6 is 0 Å². The lowest BCUT2D eigenvalue weighted by Crippen LogP contribution is -2.29. The first-order valence-electron chi connectivity index (χ1n) is 11.8. The Morgan fingerprint density at radius 1 is 0.730 bits per heavy atom. The van der Waals surface area contributed by atoms with Gasteiger partial charge in [-0.1, -0.05) is 0 Å². The first-order chi connectivity index (χ1) is 17.8. The highest BCUT2D eigenvalue weighted by Gasteiger charge is 2.28. The number of rotatable bonds is 13. The summed E-state index contributed by atoms with van der Waals surface area (Å²) in [6, 6.07) is 7.47. The van der Waals surface area contributed by atoms with Crippen LogP contribution in [-0.2, 0) is 31.9 Å². The van der Waals surface area contributed by atoms with E-state index in [1.165, 1.54) is 13.8 Å². The number of ether oxygens (including phenoxy) is 8. The Kier molecular flexibility index (Phi) is 9.71. The SMILES string of the molecule is COc1cc(C[C@H](COC(C)=O)[C@@H](COC(C)=O)Cc2cc(OC)c3c(c2)OCO3)cc(OC)c1OC. The second-order valence-electron chi connectivity index (χ2n) is 8.60. The van der Waals surface area contributed by atoms with E-state index in [0.29, 0.717) is 47.3 Å². The molecule has 0 radical (unpaired) electrons. The van der Waals surface area contributed by atoms with Gasteiger partial charge in [0.1, 0.15) is 0 Å². The minimum Gasteiger partial charge on any atom is -0.493 e. The largest absolute Gasteiger partial charge is 0.493 e. The molecule has 2 aromatic carbocycles. The van der Waals surface area contributed by atoms with E-state index in [2.05, 4.69) is 0 Å². The summed E-state index contributed by atoms with van der Waals surface area (Å²) < 4.78 is 43.9. The molecule has 10 nitrogen and oxygen atoms in total. The van der Waals surface area contributed by atoms with Gasteiger partial charge in [-0.3, -0.25) is 9.59 Å². The van der Waals surface area contributed by atoms with Crippen molar-refractivity contribution in [3.63, 3.8) is 0 Å². The number of hydrogen-bond donors (Lipinski definition) is 0. The summed E-state index contributed by atoms with van der Waals surface area (Å²) in [6.07, 6.45) is 0.980. The maximum Gasteiger partial charge on any atom is 0.302 e. The van der Waals surface area contributed by atoms with E-state index in [-0.39, 0.29) is 31.8 Å². The van der Waals surface area contributed by atoms with E-state index in [1.54, 1.807) is 28.4 Å². The predicted octanol–water partition coefficient (Wildman–Crippen LogP) is 3.59. The molecular formula is C27H34O10. The van der Waals surface area contributed by atoms with Gasteiger partial charge in [-0.05, 0) is 48.2 Å². The Balaban J connectivity index is 1.97. The Labute approximate surface area is 216 Å². The molecule has 1 aliphatic heterocycles. The minimum absolute atomic E-state index is 0.113. The molecule has 2 aromatic rings. The second kappa shape index (κ2) is 12.9. The van der Waals surface area contributed by atoms with Crippen molar-refractivity contribution in [3.05, 3.63) is 35.4 Å². The number of carbonyl (C=O) groups excluding carboxylic acids is 2. The van der Waals surface area contributed by atoms with E-state index in [0.717, 1.165) is 11.1 Å². The normalized spacial score (nSPS) is 13.4. The first-order valence-corrected chi connectivity index (χ1v) is 11.8. The Bertz CT molecular complexity index is 1070. The number of benzene rings is 2. The Morgan fingerprint density at radius 3 is 1.68 bits per heavy atom. The molecule has 3 rings (SSSR count). The fraction of sp³-hybridized carbons (Fsp3) is 0.481. The maximum absolute atomic E-state index is 11.7. The molecule has 0 spiro atoms. The molecule has 0 N–H and O–H groups in total. The van der Waals surface area contributed by atoms with Crippen LogP contribution in [0.3, 0.4) is 0 Å². The fourth-order valence-corrected chi connectivity index (χ4v) is 4.33. The van der Waals surface area contributed by atoms with Crippen molar-refractivity contribution in [3.8, 4) is 34.5 Å². The quantitative estimate of drug-likeness (QED) is 0.365. The molecule has 2 atom stereocenters. The number of fused-ring (bicyclic) bond motifs is 1. The topological polar surface area (TPSA) is 108 Å². The lowest BCUT2D eigenvalue weighted by atomic mass is 9.83. The maximum atomic E-state index is 11.7. The van der Waals surface area contributed by atoms with Gasteiger partial charge >= 0.3 is 11.9 Å². The Morgan fingerprint density at radius 2 is 1.22 bits per heavy atom. The lowest BCUT2D eigenvalue weighted by Gasteiger charge is -2.27. The summed E-state index contributed by atoms with van der Waals surface area (Å²) in [4.78, 5) is 23.5. The molecule has 0 aliphatic carbocycles. The van der Waals surface area contributed by atoms with Gasteiger partial charge in [-0.2, -0.15) is 0 Å². The molecule has 0 unspecified atom stereocenters. The third-order valence-electron chi connectivity index (χ3n) is 6.11. The van der Waals surface area contributed by atoms with E-state index in [9.17, 15) is 9.59 Å². The lowest BCUT2D eigenvalue weighted by molar-refractivity contribution is -0.147. The van der Waals surface area contributed by atoms with Crippen molar-refractivity contribution in [2.75, 3.05) is 48.4 Å². The zero-order chi connectivity index (χ0) is 26.9. The van der Waals surface area contributed by atoms with Crippen molar-refractivity contribution >= 4 is 11.9 Å². The number of methoxy groups -OCH3 is 4. The van der Waals surface area contributed by atoms with Crippen LogP contribution in [0.2, 0.25) is 0 Å². The van der Waals surface area contributed by atoms with Crippen molar-refractivity contribution in [1.82, 2.24) is 0 Å². The zero-order valence-electron chi connectivity index (χ0n) is 22.1. The van der Waals surface area contributed by atoms with Crippen LogP contribution < -0.4 is 28.4 Å². The summed E-state index contributed by atoms with van der Waals surface area (Å²) >= 11 is 0. The van der Waals surface area contributed by atoms with Crippen LogP contribution in [0.5, 0.6) is 34.5 Å². The van der Waals surface area contributed by atoms with Crippen LogP contribution in [-0.4, -0.2) is 60.4 Å². The van der Waals surface area contributed by atoms with Gasteiger partial charge in [-0.15, -0.1) is 0 Å². The van der Waals surface area contributed by atoms with Gasteiger partial charge in [-0.25, -0.2) is 0 Å². The van der Waals surface area contributed by atoms with Gasteiger partial charge in [0, 0.05) is 25.7 Å². The molecule has 1 heterocycles. The standard InChI is InChI=1S/C27H34O10/c1-16(28)34-13-20(7-18-9-22(30-3)26(33-6)23(10-18)31-4)21(14-35-17(2)29)8-19-11-24(32-5)27-25(12-19)36-15-37-27/h9-12,20-21H,7-8,13-15H2,1-6H3/t20-,21-/m1/s1. The van der Waals surface area contributed by atoms with Crippen LogP contribution in [0.4, 0.5) is 0 Å². The van der Waals surface area contributed by atoms with Gasteiger partial charge in [0.25, 0.3) is 0 Å². The molecule has 0 aromatic heterocycles. The number of hydrogen-bond acceptors (Lipinski definition) is 10. The van der Waals surface area contributed by atoms with Gasteiger partial charge < -0.3 is 37.9 Å². The minimum atomic E-state index is -0.397. The van der Waals surface area contributed by atoms with Gasteiger partial charge in [0.05, 0.1) is 41.7 Å². The van der Waals surface area contributed by atoms with Crippen molar-refractivity contribution in [2.24, 2.45) is 11.8 Å². The summed E-state index contributed by atoms with van der Waals surface area (Å²) in [5.74, 6) is 1.97. The molecule has 0 saturated heterocycles. The van der Waals surface area contributed by atoms with Crippen LogP contribution in [0.1, 0.15) is 25.0 Å². The van der Waals surface area contributed by atoms with Gasteiger partial charge in [0.15, 0.2) is 23.0 Å².